The zero-order valence-corrected chi connectivity index (χ0v) is 11.6. The van der Waals surface area contributed by atoms with Crippen molar-refractivity contribution in [3.63, 3.8) is 0 Å². The summed E-state index contributed by atoms with van der Waals surface area (Å²) in [6.45, 7) is 3.91. The number of rotatable bonds is 7. The molecule has 0 bridgehead atoms. The second kappa shape index (κ2) is 7.63. The number of carbonyl (C=O) groups excluding carboxylic acids is 1. The van der Waals surface area contributed by atoms with E-state index in [0.29, 0.717) is 18.1 Å². The van der Waals surface area contributed by atoms with Crippen molar-refractivity contribution >= 4 is 5.97 Å². The van der Waals surface area contributed by atoms with Crippen LogP contribution < -0.4 is 15.2 Å². The van der Waals surface area contributed by atoms with Gasteiger partial charge in [0.25, 0.3) is 0 Å². The predicted molar refractivity (Wildman–Crippen MR) is 72.5 cm³/mol. The molecule has 2 N–H and O–H groups in total. The van der Waals surface area contributed by atoms with Crippen molar-refractivity contribution in [3.8, 4) is 11.5 Å². The second-order valence-corrected chi connectivity index (χ2v) is 4.26. The predicted octanol–water partition coefficient (Wildman–Crippen LogP) is 1.53. The van der Waals surface area contributed by atoms with Gasteiger partial charge in [-0.15, -0.1) is 0 Å². The van der Waals surface area contributed by atoms with Gasteiger partial charge in [-0.2, -0.15) is 0 Å². The van der Waals surface area contributed by atoms with Crippen LogP contribution in [0.2, 0.25) is 0 Å². The number of ether oxygens (including phenoxy) is 3. The molecule has 1 aromatic carbocycles. The normalized spacial score (nSPS) is 11.8. The molecule has 1 unspecified atom stereocenters. The molecule has 0 amide bonds. The highest BCUT2D eigenvalue weighted by Gasteiger charge is 2.09. The summed E-state index contributed by atoms with van der Waals surface area (Å²) in [6.07, 6.45) is 0.758. The molecule has 5 nitrogen and oxygen atoms in total. The Morgan fingerprint density at radius 3 is 2.68 bits per heavy atom. The van der Waals surface area contributed by atoms with Gasteiger partial charge in [-0.05, 0) is 38.0 Å². The van der Waals surface area contributed by atoms with Gasteiger partial charge in [-0.25, -0.2) is 4.79 Å². The smallest absolute Gasteiger partial charge is 0.344 e. The Kier molecular flexibility index (Phi) is 6.15. The molecule has 0 aliphatic rings. The van der Waals surface area contributed by atoms with Crippen molar-refractivity contribution in [2.24, 2.45) is 5.73 Å². The molecule has 1 atom stereocenters. The van der Waals surface area contributed by atoms with Gasteiger partial charge in [-0.1, -0.05) is 6.07 Å². The average Bonchev–Trinajstić information content (AvgIpc) is 2.36. The summed E-state index contributed by atoms with van der Waals surface area (Å²) >= 11 is 0. The molecule has 0 spiro atoms. The van der Waals surface area contributed by atoms with Crippen LogP contribution in [0.4, 0.5) is 0 Å². The summed E-state index contributed by atoms with van der Waals surface area (Å²) in [7, 11) is 1.56. The SMILES string of the molecule is CCOC(=O)COc1ccc(CC(C)N)cc1OC. The summed E-state index contributed by atoms with van der Waals surface area (Å²) in [5, 5.41) is 0. The number of esters is 1. The van der Waals surface area contributed by atoms with Crippen molar-refractivity contribution in [2.45, 2.75) is 26.3 Å². The molecule has 0 saturated heterocycles. The lowest BCUT2D eigenvalue weighted by Gasteiger charge is -2.12. The Bertz CT molecular complexity index is 418. The first-order chi connectivity index (χ1) is 9.06. The van der Waals surface area contributed by atoms with Crippen molar-refractivity contribution in [2.75, 3.05) is 20.3 Å². The Labute approximate surface area is 113 Å². The molecule has 0 fully saturated rings. The third kappa shape index (κ3) is 5.18. The minimum Gasteiger partial charge on any atom is -0.493 e. The van der Waals surface area contributed by atoms with E-state index in [1.54, 1.807) is 20.1 Å². The van der Waals surface area contributed by atoms with Crippen molar-refractivity contribution < 1.29 is 19.0 Å². The summed E-state index contributed by atoms with van der Waals surface area (Å²) < 4.78 is 15.4. The summed E-state index contributed by atoms with van der Waals surface area (Å²) in [6, 6.07) is 5.63. The van der Waals surface area contributed by atoms with E-state index < -0.39 is 5.97 Å². The molecule has 1 aromatic rings. The Morgan fingerprint density at radius 1 is 1.37 bits per heavy atom. The van der Waals surface area contributed by atoms with Crippen LogP contribution in [0.25, 0.3) is 0 Å². The maximum Gasteiger partial charge on any atom is 0.344 e. The molecular formula is C14H21NO4. The summed E-state index contributed by atoms with van der Waals surface area (Å²) in [5.41, 5.74) is 6.82. The molecule has 1 rings (SSSR count). The zero-order chi connectivity index (χ0) is 14.3. The van der Waals surface area contributed by atoms with Gasteiger partial charge in [-0.3, -0.25) is 0 Å². The number of benzene rings is 1. The first kappa shape index (κ1) is 15.3. The van der Waals surface area contributed by atoms with E-state index in [0.717, 1.165) is 12.0 Å². The zero-order valence-electron chi connectivity index (χ0n) is 11.6. The quantitative estimate of drug-likeness (QED) is 0.758. The standard InChI is InChI=1S/C14H21NO4/c1-4-18-14(16)9-19-12-6-5-11(7-10(2)15)8-13(12)17-3/h5-6,8,10H,4,7,9,15H2,1-3H3. The van der Waals surface area contributed by atoms with E-state index in [2.05, 4.69) is 0 Å². The molecule has 106 valence electrons. The van der Waals surface area contributed by atoms with Crippen LogP contribution >= 0.6 is 0 Å². The van der Waals surface area contributed by atoms with Crippen LogP contribution in [0.1, 0.15) is 19.4 Å². The molecule has 19 heavy (non-hydrogen) atoms. The van der Waals surface area contributed by atoms with Crippen molar-refractivity contribution in [1.82, 2.24) is 0 Å². The molecule has 0 aromatic heterocycles. The van der Waals surface area contributed by atoms with Gasteiger partial charge in [0, 0.05) is 6.04 Å². The minimum absolute atomic E-state index is 0.0796. The van der Waals surface area contributed by atoms with Gasteiger partial charge in [0.05, 0.1) is 13.7 Å². The maximum atomic E-state index is 11.2. The van der Waals surface area contributed by atoms with Gasteiger partial charge < -0.3 is 19.9 Å². The number of hydrogen-bond acceptors (Lipinski definition) is 5. The molecule has 0 saturated carbocycles. The average molecular weight is 267 g/mol. The highest BCUT2D eigenvalue weighted by Crippen LogP contribution is 2.28. The highest BCUT2D eigenvalue weighted by molar-refractivity contribution is 5.71. The molecule has 0 heterocycles. The molecule has 0 aliphatic carbocycles. The summed E-state index contributed by atoms with van der Waals surface area (Å²) in [5.74, 6) is 0.704. The third-order valence-electron chi connectivity index (χ3n) is 2.44. The van der Waals surface area contributed by atoms with E-state index in [9.17, 15) is 4.79 Å². The fourth-order valence-electron chi connectivity index (χ4n) is 1.67. The van der Waals surface area contributed by atoms with Gasteiger partial charge >= 0.3 is 5.97 Å². The van der Waals surface area contributed by atoms with Crippen LogP contribution in [-0.4, -0.2) is 32.3 Å². The van der Waals surface area contributed by atoms with Crippen LogP contribution in [0.15, 0.2) is 18.2 Å². The lowest BCUT2D eigenvalue weighted by Crippen LogP contribution is -2.18. The molecule has 0 aliphatic heterocycles. The third-order valence-corrected chi connectivity index (χ3v) is 2.44. The fourth-order valence-corrected chi connectivity index (χ4v) is 1.67. The van der Waals surface area contributed by atoms with E-state index in [1.165, 1.54) is 0 Å². The number of methoxy groups -OCH3 is 1. The van der Waals surface area contributed by atoms with E-state index in [1.807, 2.05) is 19.1 Å². The minimum atomic E-state index is -0.399. The topological polar surface area (TPSA) is 70.8 Å². The monoisotopic (exact) mass is 267 g/mol. The van der Waals surface area contributed by atoms with Gasteiger partial charge in [0.1, 0.15) is 0 Å². The molecule has 0 radical (unpaired) electrons. The largest absolute Gasteiger partial charge is 0.493 e. The van der Waals surface area contributed by atoms with E-state index in [-0.39, 0.29) is 12.6 Å². The number of hydrogen-bond donors (Lipinski definition) is 1. The highest BCUT2D eigenvalue weighted by atomic mass is 16.6. The fraction of sp³-hybridized carbons (Fsp3) is 0.500. The second-order valence-electron chi connectivity index (χ2n) is 4.26. The van der Waals surface area contributed by atoms with Crippen LogP contribution in [-0.2, 0) is 16.0 Å². The lowest BCUT2D eigenvalue weighted by molar-refractivity contribution is -0.145. The first-order valence-corrected chi connectivity index (χ1v) is 6.27. The molecule has 5 heteroatoms. The Balaban J connectivity index is 2.70. The van der Waals surface area contributed by atoms with E-state index in [4.69, 9.17) is 19.9 Å². The number of carbonyl (C=O) groups is 1. The van der Waals surface area contributed by atoms with Crippen LogP contribution in [0, 0.1) is 0 Å². The number of nitrogens with two attached hydrogens (primary N) is 1. The first-order valence-electron chi connectivity index (χ1n) is 6.27. The Hall–Kier alpha value is -1.75. The van der Waals surface area contributed by atoms with Crippen LogP contribution in [0.3, 0.4) is 0 Å². The molecular weight excluding hydrogens is 246 g/mol. The summed E-state index contributed by atoms with van der Waals surface area (Å²) in [4.78, 5) is 11.2. The maximum absolute atomic E-state index is 11.2. The van der Waals surface area contributed by atoms with E-state index >= 15 is 0 Å². The van der Waals surface area contributed by atoms with Gasteiger partial charge in [0.15, 0.2) is 18.1 Å². The van der Waals surface area contributed by atoms with Crippen molar-refractivity contribution in [3.05, 3.63) is 23.8 Å². The van der Waals surface area contributed by atoms with Crippen LogP contribution in [0.5, 0.6) is 11.5 Å². The lowest BCUT2D eigenvalue weighted by atomic mass is 10.1. The Morgan fingerprint density at radius 2 is 2.11 bits per heavy atom. The van der Waals surface area contributed by atoms with Gasteiger partial charge in [0.2, 0.25) is 0 Å². The van der Waals surface area contributed by atoms with Crippen molar-refractivity contribution in [1.29, 1.82) is 0 Å².